The molecule has 0 aliphatic rings. The fourth-order valence-corrected chi connectivity index (χ4v) is 3.32. The highest BCUT2D eigenvalue weighted by Gasteiger charge is 2.20. The molecule has 3 rings (SSSR count). The number of hydrogen-bond donors (Lipinski definition) is 1. The van der Waals surface area contributed by atoms with Gasteiger partial charge in [0.2, 0.25) is 5.91 Å². The van der Waals surface area contributed by atoms with Crippen molar-refractivity contribution in [3.63, 3.8) is 0 Å². The van der Waals surface area contributed by atoms with Crippen LogP contribution in [0.1, 0.15) is 13.8 Å². The molecule has 0 bridgehead atoms. The van der Waals surface area contributed by atoms with Crippen LogP contribution in [0.2, 0.25) is 0 Å². The van der Waals surface area contributed by atoms with E-state index in [9.17, 15) is 13.6 Å². The largest absolute Gasteiger partial charge is 0.325 e. The Bertz CT molecular complexity index is 948. The number of carbonyl (C=O) groups is 1. The predicted molar refractivity (Wildman–Crippen MR) is 99.2 cm³/mol. The molecule has 0 radical (unpaired) electrons. The van der Waals surface area contributed by atoms with E-state index in [1.807, 2.05) is 23.6 Å². The van der Waals surface area contributed by atoms with Gasteiger partial charge in [-0.3, -0.25) is 9.78 Å². The molecule has 1 aromatic carbocycles. The number of anilines is 1. The standard InChI is InChI=1S/C18H17F2N5OS/c1-3-25-16(12-6-8-21-9-7-12)23-24-18(25)27-11(2)17(26)22-13-4-5-14(19)15(20)10-13/h4-11H,3H2,1-2H3,(H,22,26). The summed E-state index contributed by atoms with van der Waals surface area (Å²) in [6, 6.07) is 6.90. The van der Waals surface area contributed by atoms with Gasteiger partial charge in [-0.1, -0.05) is 11.8 Å². The van der Waals surface area contributed by atoms with Gasteiger partial charge >= 0.3 is 0 Å². The molecular weight excluding hydrogens is 372 g/mol. The van der Waals surface area contributed by atoms with Crippen LogP contribution in [0.4, 0.5) is 14.5 Å². The van der Waals surface area contributed by atoms with Crippen LogP contribution >= 0.6 is 11.8 Å². The van der Waals surface area contributed by atoms with Crippen molar-refractivity contribution < 1.29 is 13.6 Å². The number of rotatable bonds is 6. The van der Waals surface area contributed by atoms with Gasteiger partial charge in [-0.15, -0.1) is 10.2 Å². The molecule has 0 saturated carbocycles. The fraction of sp³-hybridized carbons (Fsp3) is 0.222. The number of halogens is 2. The number of nitrogens with zero attached hydrogens (tertiary/aromatic N) is 4. The molecule has 0 fully saturated rings. The van der Waals surface area contributed by atoms with Gasteiger partial charge < -0.3 is 9.88 Å². The van der Waals surface area contributed by atoms with Gasteiger partial charge in [0.05, 0.1) is 5.25 Å². The molecule has 6 nitrogen and oxygen atoms in total. The van der Waals surface area contributed by atoms with Crippen LogP contribution in [0.5, 0.6) is 0 Å². The quantitative estimate of drug-likeness (QED) is 0.650. The van der Waals surface area contributed by atoms with Crippen LogP contribution in [-0.2, 0) is 11.3 Å². The number of amides is 1. The SMILES string of the molecule is CCn1c(SC(C)C(=O)Nc2ccc(F)c(F)c2)nnc1-c1ccncc1. The molecule has 1 atom stereocenters. The maximum Gasteiger partial charge on any atom is 0.237 e. The van der Waals surface area contributed by atoms with Crippen LogP contribution in [0, 0.1) is 11.6 Å². The molecule has 3 aromatic rings. The second-order valence-electron chi connectivity index (χ2n) is 5.66. The first kappa shape index (κ1) is 19.0. The van der Waals surface area contributed by atoms with Gasteiger partial charge in [-0.25, -0.2) is 8.78 Å². The third-order valence-corrected chi connectivity index (χ3v) is 4.89. The van der Waals surface area contributed by atoms with Crippen LogP contribution in [0.3, 0.4) is 0 Å². The van der Waals surface area contributed by atoms with E-state index in [4.69, 9.17) is 0 Å². The van der Waals surface area contributed by atoms with Gasteiger partial charge in [0.15, 0.2) is 22.6 Å². The Kier molecular flexibility index (Phi) is 5.80. The zero-order valence-electron chi connectivity index (χ0n) is 14.7. The lowest BCUT2D eigenvalue weighted by Gasteiger charge is -2.13. The Hall–Kier alpha value is -2.81. The summed E-state index contributed by atoms with van der Waals surface area (Å²) in [5.41, 5.74) is 1.07. The topological polar surface area (TPSA) is 72.7 Å². The van der Waals surface area contributed by atoms with Gasteiger partial charge in [-0.05, 0) is 38.1 Å². The number of hydrogen-bond acceptors (Lipinski definition) is 5. The summed E-state index contributed by atoms with van der Waals surface area (Å²) >= 11 is 1.24. The van der Waals surface area contributed by atoms with Crippen molar-refractivity contribution in [2.45, 2.75) is 30.8 Å². The Morgan fingerprint density at radius 2 is 1.93 bits per heavy atom. The van der Waals surface area contributed by atoms with Crippen molar-refractivity contribution in [1.29, 1.82) is 0 Å². The zero-order valence-corrected chi connectivity index (χ0v) is 15.5. The second kappa shape index (κ2) is 8.26. The smallest absolute Gasteiger partial charge is 0.237 e. The minimum Gasteiger partial charge on any atom is -0.325 e. The van der Waals surface area contributed by atoms with Crippen molar-refractivity contribution >= 4 is 23.4 Å². The monoisotopic (exact) mass is 389 g/mol. The summed E-state index contributed by atoms with van der Waals surface area (Å²) in [7, 11) is 0. The maximum atomic E-state index is 13.3. The summed E-state index contributed by atoms with van der Waals surface area (Å²) in [6.45, 7) is 4.30. The van der Waals surface area contributed by atoms with E-state index in [0.29, 0.717) is 17.5 Å². The van der Waals surface area contributed by atoms with Crippen LogP contribution in [0.25, 0.3) is 11.4 Å². The second-order valence-corrected chi connectivity index (χ2v) is 6.97. The summed E-state index contributed by atoms with van der Waals surface area (Å²) in [5, 5.41) is 11.1. The maximum absolute atomic E-state index is 13.3. The summed E-state index contributed by atoms with van der Waals surface area (Å²) < 4.78 is 28.2. The highest BCUT2D eigenvalue weighted by Crippen LogP contribution is 2.27. The summed E-state index contributed by atoms with van der Waals surface area (Å²) in [6.07, 6.45) is 3.35. The minimum atomic E-state index is -1.01. The number of nitrogens with one attached hydrogen (secondary N) is 1. The molecule has 0 aliphatic carbocycles. The van der Waals surface area contributed by atoms with Gasteiger partial charge in [0, 0.05) is 36.3 Å². The zero-order chi connectivity index (χ0) is 19.4. The summed E-state index contributed by atoms with van der Waals surface area (Å²) in [5.74, 6) is -1.63. The van der Waals surface area contributed by atoms with Crippen molar-refractivity contribution in [3.8, 4) is 11.4 Å². The number of pyridine rings is 1. The average molecular weight is 389 g/mol. The Labute approximate surface area is 159 Å². The lowest BCUT2D eigenvalue weighted by molar-refractivity contribution is -0.115. The van der Waals surface area contributed by atoms with Crippen molar-refractivity contribution in [1.82, 2.24) is 19.7 Å². The lowest BCUT2D eigenvalue weighted by atomic mass is 10.2. The van der Waals surface area contributed by atoms with E-state index >= 15 is 0 Å². The first-order valence-corrected chi connectivity index (χ1v) is 9.13. The van der Waals surface area contributed by atoms with E-state index in [2.05, 4.69) is 20.5 Å². The van der Waals surface area contributed by atoms with Crippen molar-refractivity contribution in [2.75, 3.05) is 5.32 Å². The number of carbonyl (C=O) groups excluding carboxylic acids is 1. The van der Waals surface area contributed by atoms with Crippen LogP contribution in [0.15, 0.2) is 47.9 Å². The molecule has 1 amide bonds. The molecule has 1 N–H and O–H groups in total. The van der Waals surface area contributed by atoms with E-state index in [-0.39, 0.29) is 11.6 Å². The number of aromatic nitrogens is 4. The molecule has 0 spiro atoms. The Morgan fingerprint density at radius 1 is 1.19 bits per heavy atom. The highest BCUT2D eigenvalue weighted by molar-refractivity contribution is 8.00. The Morgan fingerprint density at radius 3 is 2.59 bits per heavy atom. The third-order valence-electron chi connectivity index (χ3n) is 3.81. The van der Waals surface area contributed by atoms with E-state index < -0.39 is 16.9 Å². The third kappa shape index (κ3) is 4.30. The van der Waals surface area contributed by atoms with E-state index in [0.717, 1.165) is 17.7 Å². The summed E-state index contributed by atoms with van der Waals surface area (Å²) in [4.78, 5) is 16.4. The average Bonchev–Trinajstić information content (AvgIpc) is 3.08. The number of thioether (sulfide) groups is 1. The normalized spacial score (nSPS) is 12.0. The fourth-order valence-electron chi connectivity index (χ4n) is 2.40. The molecule has 140 valence electrons. The molecule has 2 aromatic heterocycles. The van der Waals surface area contributed by atoms with Gasteiger partial charge in [0.1, 0.15) is 0 Å². The first-order chi connectivity index (χ1) is 13.0. The molecule has 9 heteroatoms. The first-order valence-electron chi connectivity index (χ1n) is 8.25. The molecule has 0 saturated heterocycles. The highest BCUT2D eigenvalue weighted by atomic mass is 32.2. The molecular formula is C18H17F2N5OS. The Balaban J connectivity index is 1.73. The molecule has 1 unspecified atom stereocenters. The van der Waals surface area contributed by atoms with Crippen LogP contribution < -0.4 is 5.32 Å². The van der Waals surface area contributed by atoms with Gasteiger partial charge in [0.25, 0.3) is 0 Å². The molecule has 0 aliphatic heterocycles. The molecule has 27 heavy (non-hydrogen) atoms. The van der Waals surface area contributed by atoms with E-state index in [1.165, 1.54) is 17.8 Å². The predicted octanol–water partition coefficient (Wildman–Crippen LogP) is 3.76. The van der Waals surface area contributed by atoms with Gasteiger partial charge in [-0.2, -0.15) is 0 Å². The van der Waals surface area contributed by atoms with Crippen molar-refractivity contribution in [3.05, 3.63) is 54.4 Å². The lowest BCUT2D eigenvalue weighted by Crippen LogP contribution is -2.23. The minimum absolute atomic E-state index is 0.195. The van der Waals surface area contributed by atoms with Crippen LogP contribution in [-0.4, -0.2) is 30.9 Å². The number of benzene rings is 1. The van der Waals surface area contributed by atoms with Crippen molar-refractivity contribution in [2.24, 2.45) is 0 Å². The molecule has 2 heterocycles. The van der Waals surface area contributed by atoms with E-state index in [1.54, 1.807) is 19.3 Å².